The molecule has 1 aromatic heterocycles. The number of nitrogens with two attached hydrogens (primary N) is 1. The lowest BCUT2D eigenvalue weighted by Crippen LogP contribution is -2.17. The topological polar surface area (TPSA) is 71.9 Å². The quantitative estimate of drug-likeness (QED) is 0.853. The minimum atomic E-state index is -0.407. The Hall–Kier alpha value is -2.12. The Bertz CT molecular complexity index is 578. The lowest BCUT2D eigenvalue weighted by atomic mass is 9.84. The predicted octanol–water partition coefficient (Wildman–Crippen LogP) is 2.86. The number of ether oxygens (including phenoxy) is 1. The molecule has 1 aromatic rings. The van der Waals surface area contributed by atoms with Crippen LogP contribution in [0.15, 0.2) is 31.0 Å². The molecule has 1 unspecified atom stereocenters. The maximum atomic E-state index is 9.35. The second-order valence-corrected chi connectivity index (χ2v) is 5.16. The fraction of sp³-hybridized carbons (Fsp3) is 0.375. The third-order valence-corrected chi connectivity index (χ3v) is 3.69. The molecule has 0 amide bonds. The summed E-state index contributed by atoms with van der Waals surface area (Å²) in [6, 6.07) is 4.28. The van der Waals surface area contributed by atoms with Gasteiger partial charge in [0.2, 0.25) is 0 Å². The summed E-state index contributed by atoms with van der Waals surface area (Å²) in [6.45, 7) is 6.94. The smallest absolute Gasteiger partial charge is 0.0863 e. The van der Waals surface area contributed by atoms with Crippen LogP contribution in [-0.2, 0) is 4.74 Å². The van der Waals surface area contributed by atoms with Crippen LogP contribution < -0.4 is 5.73 Å². The van der Waals surface area contributed by atoms with Crippen LogP contribution >= 0.6 is 0 Å². The highest BCUT2D eigenvalue weighted by atomic mass is 16.5. The SMILES string of the molecule is C=C/C(=C\CC1(C#N)CCOC1)c1cc(N)cnc1C. The summed E-state index contributed by atoms with van der Waals surface area (Å²) in [5, 5.41) is 9.35. The molecule has 1 atom stereocenters. The third-order valence-electron chi connectivity index (χ3n) is 3.69. The minimum Gasteiger partial charge on any atom is -0.397 e. The van der Waals surface area contributed by atoms with Crippen molar-refractivity contribution >= 4 is 11.3 Å². The van der Waals surface area contributed by atoms with Crippen molar-refractivity contribution in [3.05, 3.63) is 42.3 Å². The molecule has 0 aromatic carbocycles. The first-order valence-electron chi connectivity index (χ1n) is 6.64. The first-order chi connectivity index (χ1) is 9.60. The zero-order valence-electron chi connectivity index (χ0n) is 11.7. The molecule has 2 rings (SSSR count). The van der Waals surface area contributed by atoms with Gasteiger partial charge >= 0.3 is 0 Å². The number of aryl methyl sites for hydroxylation is 1. The van der Waals surface area contributed by atoms with Gasteiger partial charge in [-0.05, 0) is 31.4 Å². The van der Waals surface area contributed by atoms with E-state index < -0.39 is 5.41 Å². The molecule has 4 heteroatoms. The molecule has 1 aliphatic rings. The molecule has 1 fully saturated rings. The largest absolute Gasteiger partial charge is 0.397 e. The normalized spacial score (nSPS) is 22.5. The number of hydrogen-bond donors (Lipinski definition) is 1. The van der Waals surface area contributed by atoms with Crippen LogP contribution in [0.5, 0.6) is 0 Å². The second-order valence-electron chi connectivity index (χ2n) is 5.16. The molecule has 20 heavy (non-hydrogen) atoms. The Morgan fingerprint density at radius 1 is 1.70 bits per heavy atom. The van der Waals surface area contributed by atoms with Crippen molar-refractivity contribution in [1.29, 1.82) is 5.26 Å². The van der Waals surface area contributed by atoms with Crippen LogP contribution in [0.25, 0.3) is 5.57 Å². The van der Waals surface area contributed by atoms with E-state index in [1.807, 2.05) is 19.1 Å². The number of hydrogen-bond acceptors (Lipinski definition) is 4. The zero-order chi connectivity index (χ0) is 14.6. The van der Waals surface area contributed by atoms with E-state index in [9.17, 15) is 5.26 Å². The molecule has 1 aliphatic heterocycles. The second kappa shape index (κ2) is 5.89. The summed E-state index contributed by atoms with van der Waals surface area (Å²) in [5.74, 6) is 0. The van der Waals surface area contributed by atoms with Gasteiger partial charge in [0, 0.05) is 17.9 Å². The van der Waals surface area contributed by atoms with Crippen LogP contribution in [0.4, 0.5) is 5.69 Å². The van der Waals surface area contributed by atoms with Gasteiger partial charge in [0.25, 0.3) is 0 Å². The first-order valence-corrected chi connectivity index (χ1v) is 6.64. The van der Waals surface area contributed by atoms with E-state index in [0.717, 1.165) is 23.3 Å². The molecule has 1 saturated heterocycles. The Balaban J connectivity index is 2.28. The van der Waals surface area contributed by atoms with Crippen molar-refractivity contribution in [2.45, 2.75) is 19.8 Å². The first kappa shape index (κ1) is 14.3. The van der Waals surface area contributed by atoms with Crippen molar-refractivity contribution in [1.82, 2.24) is 4.98 Å². The van der Waals surface area contributed by atoms with Gasteiger partial charge in [-0.2, -0.15) is 5.26 Å². The molecule has 2 N–H and O–H groups in total. The van der Waals surface area contributed by atoms with Crippen LogP contribution in [0.1, 0.15) is 24.1 Å². The Kier molecular flexibility index (Phi) is 4.21. The molecule has 0 saturated carbocycles. The lowest BCUT2D eigenvalue weighted by molar-refractivity contribution is 0.172. The highest BCUT2D eigenvalue weighted by Crippen LogP contribution is 2.33. The maximum Gasteiger partial charge on any atom is 0.0863 e. The Morgan fingerprint density at radius 3 is 3.10 bits per heavy atom. The van der Waals surface area contributed by atoms with E-state index in [2.05, 4.69) is 17.6 Å². The molecule has 0 radical (unpaired) electrons. The summed E-state index contributed by atoms with van der Waals surface area (Å²) in [4.78, 5) is 4.26. The molecular formula is C16H19N3O. The van der Waals surface area contributed by atoms with E-state index in [-0.39, 0.29) is 0 Å². The van der Waals surface area contributed by atoms with Crippen LogP contribution in [0, 0.1) is 23.7 Å². The van der Waals surface area contributed by atoms with E-state index in [1.54, 1.807) is 12.3 Å². The molecule has 0 bridgehead atoms. The number of anilines is 1. The number of allylic oxidation sites excluding steroid dienone is 3. The fourth-order valence-corrected chi connectivity index (χ4v) is 2.35. The van der Waals surface area contributed by atoms with Gasteiger partial charge in [0.15, 0.2) is 0 Å². The number of nitrogens with zero attached hydrogens (tertiary/aromatic N) is 2. The molecule has 104 valence electrons. The number of aromatic nitrogens is 1. The van der Waals surface area contributed by atoms with Crippen molar-refractivity contribution in [2.75, 3.05) is 18.9 Å². The number of rotatable bonds is 4. The summed E-state index contributed by atoms with van der Waals surface area (Å²) >= 11 is 0. The molecule has 0 spiro atoms. The zero-order valence-corrected chi connectivity index (χ0v) is 11.7. The van der Waals surface area contributed by atoms with Gasteiger partial charge in [-0.15, -0.1) is 0 Å². The molecule has 4 nitrogen and oxygen atoms in total. The van der Waals surface area contributed by atoms with E-state index in [4.69, 9.17) is 10.5 Å². The summed E-state index contributed by atoms with van der Waals surface area (Å²) < 4.78 is 5.36. The van der Waals surface area contributed by atoms with Gasteiger partial charge in [-0.1, -0.05) is 18.7 Å². The van der Waals surface area contributed by atoms with Gasteiger partial charge in [-0.25, -0.2) is 0 Å². The lowest BCUT2D eigenvalue weighted by Gasteiger charge is -2.16. The molecule has 0 aliphatic carbocycles. The Morgan fingerprint density at radius 2 is 2.50 bits per heavy atom. The van der Waals surface area contributed by atoms with Crippen molar-refractivity contribution in [2.24, 2.45) is 5.41 Å². The standard InChI is InChI=1S/C16H19N3O/c1-3-13(15-8-14(18)9-19-12(15)2)4-5-16(10-17)6-7-20-11-16/h3-4,8-9H,1,5-7,11,18H2,2H3/b13-4+. The van der Waals surface area contributed by atoms with Crippen molar-refractivity contribution < 1.29 is 4.74 Å². The predicted molar refractivity (Wildman–Crippen MR) is 79.7 cm³/mol. The maximum absolute atomic E-state index is 9.35. The average molecular weight is 269 g/mol. The van der Waals surface area contributed by atoms with E-state index in [1.165, 1.54) is 0 Å². The van der Waals surface area contributed by atoms with Crippen LogP contribution in [0.2, 0.25) is 0 Å². The van der Waals surface area contributed by atoms with E-state index >= 15 is 0 Å². The highest BCUT2D eigenvalue weighted by molar-refractivity contribution is 5.76. The van der Waals surface area contributed by atoms with Crippen LogP contribution in [-0.4, -0.2) is 18.2 Å². The summed E-state index contributed by atoms with van der Waals surface area (Å²) in [7, 11) is 0. The van der Waals surface area contributed by atoms with Gasteiger partial charge < -0.3 is 10.5 Å². The molecule has 2 heterocycles. The van der Waals surface area contributed by atoms with Crippen LogP contribution in [0.3, 0.4) is 0 Å². The third kappa shape index (κ3) is 2.89. The van der Waals surface area contributed by atoms with Gasteiger partial charge in [-0.3, -0.25) is 4.98 Å². The minimum absolute atomic E-state index is 0.407. The molecular weight excluding hydrogens is 250 g/mol. The van der Waals surface area contributed by atoms with Gasteiger partial charge in [0.05, 0.1) is 30.0 Å². The Labute approximate surface area is 119 Å². The number of nitrogen functional groups attached to an aromatic ring is 1. The summed E-state index contributed by atoms with van der Waals surface area (Å²) in [6.07, 6.45) is 6.89. The van der Waals surface area contributed by atoms with E-state index in [0.29, 0.717) is 25.3 Å². The fourth-order valence-electron chi connectivity index (χ4n) is 2.35. The summed E-state index contributed by atoms with van der Waals surface area (Å²) in [5.41, 5.74) is 8.84. The van der Waals surface area contributed by atoms with Gasteiger partial charge in [0.1, 0.15) is 0 Å². The van der Waals surface area contributed by atoms with Crippen molar-refractivity contribution in [3.63, 3.8) is 0 Å². The van der Waals surface area contributed by atoms with Crippen molar-refractivity contribution in [3.8, 4) is 6.07 Å². The number of pyridine rings is 1. The number of nitriles is 1. The monoisotopic (exact) mass is 269 g/mol. The average Bonchev–Trinajstić information content (AvgIpc) is 2.92. The highest BCUT2D eigenvalue weighted by Gasteiger charge is 2.34.